The zero-order valence-electron chi connectivity index (χ0n) is 10.8. The van der Waals surface area contributed by atoms with Gasteiger partial charge < -0.3 is 10.6 Å². The Labute approximate surface area is 122 Å². The third-order valence-corrected chi connectivity index (χ3v) is 4.13. The summed E-state index contributed by atoms with van der Waals surface area (Å²) in [6, 6.07) is 15.2. The number of benzene rings is 2. The molecule has 0 radical (unpaired) electrons. The van der Waals surface area contributed by atoms with Gasteiger partial charge in [0.25, 0.3) is 0 Å². The fraction of sp³-hybridized carbons (Fsp3) is 0.250. The quantitative estimate of drug-likeness (QED) is 0.919. The van der Waals surface area contributed by atoms with E-state index in [2.05, 4.69) is 63.3 Å². The van der Waals surface area contributed by atoms with Crippen LogP contribution in [0.2, 0.25) is 0 Å². The largest absolute Gasteiger partial charge is 0.367 e. The Hall–Kier alpha value is -1.32. The molecule has 0 atom stereocenters. The molecule has 0 saturated carbocycles. The smallest absolute Gasteiger partial charge is 0.0432 e. The van der Waals surface area contributed by atoms with Gasteiger partial charge >= 0.3 is 0 Å². The van der Waals surface area contributed by atoms with Crippen LogP contribution in [0.15, 0.2) is 46.9 Å². The summed E-state index contributed by atoms with van der Waals surface area (Å²) in [6.45, 7) is 2.63. The normalized spacial score (nSPS) is 14.3. The fourth-order valence-electron chi connectivity index (χ4n) is 2.65. The van der Waals surface area contributed by atoms with Gasteiger partial charge in [-0.1, -0.05) is 40.2 Å². The Bertz CT molecular complexity index is 595. The van der Waals surface area contributed by atoms with Crippen LogP contribution in [0, 0.1) is 0 Å². The Morgan fingerprint density at radius 3 is 2.68 bits per heavy atom. The number of nitrogens with zero attached hydrogens (tertiary/aromatic N) is 1. The molecule has 1 heterocycles. The SMILES string of the molecule is NCc1cc(Br)cc(N2CCc3ccccc3C2)c1. The molecule has 0 bridgehead atoms. The molecule has 0 aliphatic carbocycles. The van der Waals surface area contributed by atoms with Crippen molar-refractivity contribution >= 4 is 21.6 Å². The van der Waals surface area contributed by atoms with Gasteiger partial charge in [-0.05, 0) is 41.3 Å². The molecule has 2 aromatic carbocycles. The van der Waals surface area contributed by atoms with Crippen molar-refractivity contribution in [1.29, 1.82) is 0 Å². The molecular weight excluding hydrogens is 300 g/mol. The van der Waals surface area contributed by atoms with Crippen LogP contribution in [-0.4, -0.2) is 6.54 Å². The van der Waals surface area contributed by atoms with Crippen molar-refractivity contribution < 1.29 is 0 Å². The number of fused-ring (bicyclic) bond motifs is 1. The molecule has 0 aromatic heterocycles. The van der Waals surface area contributed by atoms with Crippen molar-refractivity contribution in [3.8, 4) is 0 Å². The van der Waals surface area contributed by atoms with Crippen molar-refractivity contribution in [1.82, 2.24) is 0 Å². The molecule has 3 heteroatoms. The number of anilines is 1. The van der Waals surface area contributed by atoms with Gasteiger partial charge in [0.1, 0.15) is 0 Å². The van der Waals surface area contributed by atoms with Gasteiger partial charge in [0.05, 0.1) is 0 Å². The lowest BCUT2D eigenvalue weighted by Gasteiger charge is -2.31. The molecule has 0 fully saturated rings. The summed E-state index contributed by atoms with van der Waals surface area (Å²) in [5, 5.41) is 0. The maximum Gasteiger partial charge on any atom is 0.0432 e. The molecule has 2 N–H and O–H groups in total. The van der Waals surface area contributed by atoms with Crippen LogP contribution < -0.4 is 10.6 Å². The molecule has 0 amide bonds. The van der Waals surface area contributed by atoms with Crippen LogP contribution in [0.5, 0.6) is 0 Å². The summed E-state index contributed by atoms with van der Waals surface area (Å²) in [7, 11) is 0. The molecule has 0 spiro atoms. The average Bonchev–Trinajstić information content (AvgIpc) is 2.46. The highest BCUT2D eigenvalue weighted by atomic mass is 79.9. The first kappa shape index (κ1) is 12.7. The van der Waals surface area contributed by atoms with Crippen molar-refractivity contribution in [2.24, 2.45) is 5.73 Å². The van der Waals surface area contributed by atoms with Gasteiger partial charge in [0.15, 0.2) is 0 Å². The predicted molar refractivity (Wildman–Crippen MR) is 83.2 cm³/mol. The first-order valence-corrected chi connectivity index (χ1v) is 7.37. The van der Waals surface area contributed by atoms with Crippen molar-refractivity contribution in [2.45, 2.75) is 19.5 Å². The molecule has 19 heavy (non-hydrogen) atoms. The molecule has 0 saturated heterocycles. The second-order valence-electron chi connectivity index (χ2n) is 4.96. The highest BCUT2D eigenvalue weighted by Gasteiger charge is 2.16. The Morgan fingerprint density at radius 2 is 1.89 bits per heavy atom. The number of hydrogen-bond donors (Lipinski definition) is 1. The molecule has 0 unspecified atom stereocenters. The zero-order valence-corrected chi connectivity index (χ0v) is 12.4. The summed E-state index contributed by atoms with van der Waals surface area (Å²) in [5.41, 5.74) is 11.1. The monoisotopic (exact) mass is 316 g/mol. The lowest BCUT2D eigenvalue weighted by atomic mass is 9.99. The maximum absolute atomic E-state index is 5.75. The van der Waals surface area contributed by atoms with Gasteiger partial charge in [0.2, 0.25) is 0 Å². The van der Waals surface area contributed by atoms with Crippen molar-refractivity contribution in [3.05, 3.63) is 63.6 Å². The highest BCUT2D eigenvalue weighted by molar-refractivity contribution is 9.10. The molecular formula is C16H17BrN2. The standard InChI is InChI=1S/C16H17BrN2/c17-15-7-12(10-18)8-16(9-15)19-6-5-13-3-1-2-4-14(13)11-19/h1-4,7-9H,5-6,10-11,18H2. The summed E-state index contributed by atoms with van der Waals surface area (Å²) in [5.74, 6) is 0. The third kappa shape index (κ3) is 2.67. The molecule has 98 valence electrons. The minimum Gasteiger partial charge on any atom is -0.367 e. The van der Waals surface area contributed by atoms with E-state index in [-0.39, 0.29) is 0 Å². The minimum atomic E-state index is 0.580. The van der Waals surface area contributed by atoms with E-state index >= 15 is 0 Å². The predicted octanol–water partition coefficient (Wildman–Crippen LogP) is 3.47. The Morgan fingerprint density at radius 1 is 1.11 bits per heavy atom. The fourth-order valence-corrected chi connectivity index (χ4v) is 3.18. The van der Waals surface area contributed by atoms with Crippen molar-refractivity contribution in [3.63, 3.8) is 0 Å². The van der Waals surface area contributed by atoms with Gasteiger partial charge in [-0.25, -0.2) is 0 Å². The Balaban J connectivity index is 1.90. The second kappa shape index (κ2) is 5.35. The van der Waals surface area contributed by atoms with Crippen LogP contribution in [0.4, 0.5) is 5.69 Å². The Kier molecular flexibility index (Phi) is 3.58. The van der Waals surface area contributed by atoms with Crippen LogP contribution in [0.3, 0.4) is 0 Å². The van der Waals surface area contributed by atoms with Crippen LogP contribution in [0.1, 0.15) is 16.7 Å². The summed E-state index contributed by atoms with van der Waals surface area (Å²) in [4.78, 5) is 2.42. The summed E-state index contributed by atoms with van der Waals surface area (Å²) in [6.07, 6.45) is 1.11. The van der Waals surface area contributed by atoms with Crippen LogP contribution in [-0.2, 0) is 19.5 Å². The number of rotatable bonds is 2. The highest BCUT2D eigenvalue weighted by Crippen LogP contribution is 2.27. The lowest BCUT2D eigenvalue weighted by Crippen LogP contribution is -2.30. The molecule has 3 rings (SSSR count). The minimum absolute atomic E-state index is 0.580. The molecule has 1 aliphatic rings. The van der Waals surface area contributed by atoms with E-state index in [4.69, 9.17) is 5.73 Å². The van der Waals surface area contributed by atoms with E-state index in [1.165, 1.54) is 22.4 Å². The molecule has 1 aliphatic heterocycles. The van der Waals surface area contributed by atoms with Gasteiger partial charge in [-0.15, -0.1) is 0 Å². The number of hydrogen-bond acceptors (Lipinski definition) is 2. The van der Waals surface area contributed by atoms with Crippen LogP contribution >= 0.6 is 15.9 Å². The topological polar surface area (TPSA) is 29.3 Å². The van der Waals surface area contributed by atoms with Crippen molar-refractivity contribution in [2.75, 3.05) is 11.4 Å². The number of nitrogens with two attached hydrogens (primary N) is 1. The molecule has 2 aromatic rings. The van der Waals surface area contributed by atoms with E-state index in [1.807, 2.05) is 0 Å². The van der Waals surface area contributed by atoms with Gasteiger partial charge in [-0.2, -0.15) is 0 Å². The zero-order chi connectivity index (χ0) is 13.2. The third-order valence-electron chi connectivity index (χ3n) is 3.67. The van der Waals surface area contributed by atoms with E-state index in [1.54, 1.807) is 0 Å². The van der Waals surface area contributed by atoms with E-state index in [9.17, 15) is 0 Å². The van der Waals surface area contributed by atoms with E-state index in [0.717, 1.165) is 24.0 Å². The average molecular weight is 317 g/mol. The lowest BCUT2D eigenvalue weighted by molar-refractivity contribution is 0.731. The van der Waals surface area contributed by atoms with Gasteiger partial charge in [0, 0.05) is 29.8 Å². The second-order valence-corrected chi connectivity index (χ2v) is 5.88. The first-order valence-electron chi connectivity index (χ1n) is 6.57. The van der Waals surface area contributed by atoms with Gasteiger partial charge in [-0.3, -0.25) is 0 Å². The van der Waals surface area contributed by atoms with Crippen LogP contribution in [0.25, 0.3) is 0 Å². The van der Waals surface area contributed by atoms with E-state index in [0.29, 0.717) is 6.54 Å². The summed E-state index contributed by atoms with van der Waals surface area (Å²) >= 11 is 3.57. The maximum atomic E-state index is 5.75. The summed E-state index contributed by atoms with van der Waals surface area (Å²) < 4.78 is 1.10. The van der Waals surface area contributed by atoms with E-state index < -0.39 is 0 Å². The molecule has 2 nitrogen and oxygen atoms in total. The number of halogens is 1. The first-order chi connectivity index (χ1) is 9.26.